The first-order chi connectivity index (χ1) is 8.33. The van der Waals surface area contributed by atoms with E-state index in [0.717, 1.165) is 58.0 Å². The Kier molecular flexibility index (Phi) is 8.48. The summed E-state index contributed by atoms with van der Waals surface area (Å²) in [6.45, 7) is 5.62. The number of nitrogens with one attached hydrogen (secondary N) is 1. The van der Waals surface area contributed by atoms with Gasteiger partial charge in [-0.15, -0.1) is 0 Å². The van der Waals surface area contributed by atoms with Gasteiger partial charge in [0.15, 0.2) is 0 Å². The van der Waals surface area contributed by atoms with E-state index in [1.54, 1.807) is 11.8 Å². The number of nitrogens with zero attached hydrogens (tertiary/aromatic N) is 1. The second kappa shape index (κ2) is 9.74. The van der Waals surface area contributed by atoms with Crippen LogP contribution in [0.2, 0.25) is 0 Å². The second-order valence-electron chi connectivity index (χ2n) is 4.25. The molecule has 0 spiro atoms. The monoisotopic (exact) mass is 260 g/mol. The molecule has 0 saturated carbocycles. The van der Waals surface area contributed by atoms with Gasteiger partial charge in [0, 0.05) is 26.1 Å². The number of carbonyl (C=O) groups is 1. The van der Waals surface area contributed by atoms with Gasteiger partial charge in [-0.3, -0.25) is 9.69 Å². The number of hydrogen-bond donors (Lipinski definition) is 1. The first kappa shape index (κ1) is 14.8. The summed E-state index contributed by atoms with van der Waals surface area (Å²) in [4.78, 5) is 13.8. The van der Waals surface area contributed by atoms with E-state index in [0.29, 0.717) is 6.42 Å². The molecule has 1 aliphatic heterocycles. The van der Waals surface area contributed by atoms with Gasteiger partial charge in [-0.05, 0) is 31.4 Å². The van der Waals surface area contributed by atoms with Crippen LogP contribution in [0.3, 0.4) is 0 Å². The van der Waals surface area contributed by atoms with Crippen molar-refractivity contribution < 1.29 is 9.53 Å². The standard InChI is InChI=1S/C12H24N2O2S/c1-17-11-2-4-12(15)13-5-3-6-14-7-9-16-10-8-14/h2-11H2,1H3,(H,13,15). The lowest BCUT2D eigenvalue weighted by Crippen LogP contribution is -2.38. The molecule has 1 amide bonds. The highest BCUT2D eigenvalue weighted by atomic mass is 32.2. The molecule has 17 heavy (non-hydrogen) atoms. The molecule has 4 nitrogen and oxygen atoms in total. The van der Waals surface area contributed by atoms with E-state index in [4.69, 9.17) is 4.74 Å². The molecule has 5 heteroatoms. The third kappa shape index (κ3) is 7.63. The van der Waals surface area contributed by atoms with Gasteiger partial charge in [0.05, 0.1) is 13.2 Å². The van der Waals surface area contributed by atoms with Crippen molar-refractivity contribution in [2.24, 2.45) is 0 Å². The summed E-state index contributed by atoms with van der Waals surface area (Å²) in [5.74, 6) is 1.27. The van der Waals surface area contributed by atoms with E-state index in [9.17, 15) is 4.79 Å². The number of carbonyl (C=O) groups excluding carboxylic acids is 1. The Morgan fingerprint density at radius 3 is 2.82 bits per heavy atom. The second-order valence-corrected chi connectivity index (χ2v) is 5.24. The maximum absolute atomic E-state index is 11.4. The molecular weight excluding hydrogens is 236 g/mol. The molecule has 0 aromatic heterocycles. The molecule has 1 fully saturated rings. The van der Waals surface area contributed by atoms with Crippen LogP contribution in [-0.2, 0) is 9.53 Å². The number of thioether (sulfide) groups is 1. The molecule has 0 radical (unpaired) electrons. The zero-order chi connectivity index (χ0) is 12.3. The van der Waals surface area contributed by atoms with Gasteiger partial charge in [-0.1, -0.05) is 0 Å². The fraction of sp³-hybridized carbons (Fsp3) is 0.917. The van der Waals surface area contributed by atoms with E-state index < -0.39 is 0 Å². The van der Waals surface area contributed by atoms with Crippen LogP contribution >= 0.6 is 11.8 Å². The minimum atomic E-state index is 0.195. The van der Waals surface area contributed by atoms with Gasteiger partial charge in [0.2, 0.25) is 5.91 Å². The zero-order valence-electron chi connectivity index (χ0n) is 10.7. The Morgan fingerprint density at radius 2 is 2.12 bits per heavy atom. The summed E-state index contributed by atoms with van der Waals surface area (Å²) in [6.07, 6.45) is 4.75. The van der Waals surface area contributed by atoms with Crippen molar-refractivity contribution >= 4 is 17.7 Å². The lowest BCUT2D eigenvalue weighted by molar-refractivity contribution is -0.121. The predicted molar refractivity (Wildman–Crippen MR) is 72.5 cm³/mol. The van der Waals surface area contributed by atoms with Gasteiger partial charge in [-0.25, -0.2) is 0 Å². The molecule has 1 N–H and O–H groups in total. The van der Waals surface area contributed by atoms with Crippen molar-refractivity contribution in [1.29, 1.82) is 0 Å². The third-order valence-corrected chi connectivity index (χ3v) is 3.53. The Bertz CT molecular complexity index is 209. The van der Waals surface area contributed by atoms with E-state index in [2.05, 4.69) is 16.5 Å². The SMILES string of the molecule is CSCCCC(=O)NCCCN1CCOCC1. The minimum absolute atomic E-state index is 0.195. The van der Waals surface area contributed by atoms with Crippen molar-refractivity contribution in [2.75, 3.05) is 51.4 Å². The number of ether oxygens (including phenoxy) is 1. The topological polar surface area (TPSA) is 41.6 Å². The van der Waals surface area contributed by atoms with E-state index in [1.807, 2.05) is 0 Å². The van der Waals surface area contributed by atoms with Crippen molar-refractivity contribution in [3.8, 4) is 0 Å². The Labute approximate surface area is 108 Å². The fourth-order valence-corrected chi connectivity index (χ4v) is 2.25. The summed E-state index contributed by atoms with van der Waals surface area (Å²) in [5.41, 5.74) is 0. The zero-order valence-corrected chi connectivity index (χ0v) is 11.6. The highest BCUT2D eigenvalue weighted by Crippen LogP contribution is 1.99. The summed E-state index contributed by atoms with van der Waals surface area (Å²) in [5, 5.41) is 2.98. The van der Waals surface area contributed by atoms with E-state index >= 15 is 0 Å². The van der Waals surface area contributed by atoms with Crippen LogP contribution < -0.4 is 5.32 Å². The normalized spacial score (nSPS) is 17.0. The van der Waals surface area contributed by atoms with Crippen LogP contribution in [0.4, 0.5) is 0 Å². The van der Waals surface area contributed by atoms with Crippen LogP contribution in [0.15, 0.2) is 0 Å². The molecule has 1 heterocycles. The van der Waals surface area contributed by atoms with Crippen molar-refractivity contribution in [3.05, 3.63) is 0 Å². The fourth-order valence-electron chi connectivity index (χ4n) is 1.82. The molecule has 1 aliphatic rings. The quantitative estimate of drug-likeness (QED) is 0.660. The largest absolute Gasteiger partial charge is 0.379 e. The van der Waals surface area contributed by atoms with Crippen molar-refractivity contribution in [1.82, 2.24) is 10.2 Å². The molecule has 0 aromatic rings. The van der Waals surface area contributed by atoms with Gasteiger partial charge in [-0.2, -0.15) is 11.8 Å². The molecular formula is C12H24N2O2S. The van der Waals surface area contributed by atoms with Gasteiger partial charge < -0.3 is 10.1 Å². The van der Waals surface area contributed by atoms with E-state index in [1.165, 1.54) is 0 Å². The third-order valence-electron chi connectivity index (χ3n) is 2.83. The summed E-state index contributed by atoms with van der Waals surface area (Å²) < 4.78 is 5.29. The highest BCUT2D eigenvalue weighted by Gasteiger charge is 2.09. The minimum Gasteiger partial charge on any atom is -0.379 e. The molecule has 0 aliphatic carbocycles. The Morgan fingerprint density at radius 1 is 1.35 bits per heavy atom. The molecule has 0 bridgehead atoms. The predicted octanol–water partition coefficient (Wildman–Crippen LogP) is 0.968. The Hall–Kier alpha value is -0.260. The maximum Gasteiger partial charge on any atom is 0.220 e. The lowest BCUT2D eigenvalue weighted by atomic mass is 10.3. The molecule has 0 aromatic carbocycles. The smallest absolute Gasteiger partial charge is 0.220 e. The van der Waals surface area contributed by atoms with Crippen LogP contribution in [0.25, 0.3) is 0 Å². The van der Waals surface area contributed by atoms with Gasteiger partial charge in [0.1, 0.15) is 0 Å². The average Bonchev–Trinajstić information content (AvgIpc) is 2.36. The van der Waals surface area contributed by atoms with Gasteiger partial charge >= 0.3 is 0 Å². The van der Waals surface area contributed by atoms with E-state index in [-0.39, 0.29) is 5.91 Å². The maximum atomic E-state index is 11.4. The molecule has 0 unspecified atom stereocenters. The number of amides is 1. The van der Waals surface area contributed by atoms with Crippen LogP contribution in [0.1, 0.15) is 19.3 Å². The number of hydrogen-bond acceptors (Lipinski definition) is 4. The molecule has 100 valence electrons. The van der Waals surface area contributed by atoms with Crippen molar-refractivity contribution in [2.45, 2.75) is 19.3 Å². The first-order valence-corrected chi connectivity index (χ1v) is 7.78. The number of morpholine rings is 1. The lowest BCUT2D eigenvalue weighted by Gasteiger charge is -2.26. The first-order valence-electron chi connectivity index (χ1n) is 6.38. The highest BCUT2D eigenvalue weighted by molar-refractivity contribution is 7.98. The Balaban J connectivity index is 1.90. The summed E-state index contributed by atoms with van der Waals surface area (Å²) >= 11 is 1.79. The summed E-state index contributed by atoms with van der Waals surface area (Å²) in [6, 6.07) is 0. The average molecular weight is 260 g/mol. The van der Waals surface area contributed by atoms with Crippen LogP contribution in [0, 0.1) is 0 Å². The molecule has 1 rings (SSSR count). The van der Waals surface area contributed by atoms with Gasteiger partial charge in [0.25, 0.3) is 0 Å². The van der Waals surface area contributed by atoms with Crippen LogP contribution in [0.5, 0.6) is 0 Å². The number of rotatable bonds is 8. The van der Waals surface area contributed by atoms with Crippen LogP contribution in [-0.4, -0.2) is 62.2 Å². The molecule has 1 saturated heterocycles. The summed E-state index contributed by atoms with van der Waals surface area (Å²) in [7, 11) is 0. The van der Waals surface area contributed by atoms with Crippen molar-refractivity contribution in [3.63, 3.8) is 0 Å². The molecule has 0 atom stereocenters.